The van der Waals surface area contributed by atoms with Gasteiger partial charge in [-0.2, -0.15) is 5.26 Å². The molecular formula is C13H11BrN2O2. The molecule has 0 aliphatic carbocycles. The smallest absolute Gasteiger partial charge is 0.198 e. The molecule has 0 saturated heterocycles. The third-order valence-electron chi connectivity index (χ3n) is 2.73. The fraction of sp³-hybridized carbons (Fsp3) is 0.231. The number of halogens is 1. The van der Waals surface area contributed by atoms with E-state index in [2.05, 4.69) is 21.1 Å². The van der Waals surface area contributed by atoms with Crippen LogP contribution in [-0.2, 0) is 0 Å². The summed E-state index contributed by atoms with van der Waals surface area (Å²) in [6, 6.07) is 5.86. The Morgan fingerprint density at radius 3 is 2.61 bits per heavy atom. The van der Waals surface area contributed by atoms with Gasteiger partial charge in [-0.25, -0.2) is 0 Å². The van der Waals surface area contributed by atoms with E-state index in [1.54, 1.807) is 7.11 Å². The van der Waals surface area contributed by atoms with Crippen molar-refractivity contribution in [2.45, 2.75) is 13.8 Å². The van der Waals surface area contributed by atoms with E-state index < -0.39 is 0 Å². The van der Waals surface area contributed by atoms with Gasteiger partial charge in [0.15, 0.2) is 11.5 Å². The van der Waals surface area contributed by atoms with Gasteiger partial charge in [0.2, 0.25) is 0 Å². The van der Waals surface area contributed by atoms with Crippen LogP contribution in [-0.4, -0.2) is 12.3 Å². The zero-order valence-electron chi connectivity index (χ0n) is 10.2. The quantitative estimate of drug-likeness (QED) is 0.850. The van der Waals surface area contributed by atoms with Crippen molar-refractivity contribution in [3.05, 3.63) is 33.4 Å². The average Bonchev–Trinajstić information content (AvgIpc) is 2.72. The number of nitriles is 1. The van der Waals surface area contributed by atoms with Crippen molar-refractivity contribution >= 4 is 15.9 Å². The largest absolute Gasteiger partial charge is 0.496 e. The molecule has 0 N–H and O–H groups in total. The summed E-state index contributed by atoms with van der Waals surface area (Å²) < 4.78 is 11.1. The van der Waals surface area contributed by atoms with Crippen LogP contribution in [0.1, 0.15) is 16.8 Å². The van der Waals surface area contributed by atoms with Crippen LogP contribution in [0.5, 0.6) is 5.75 Å². The third-order valence-corrected chi connectivity index (χ3v) is 3.46. The molecular weight excluding hydrogens is 296 g/mol. The van der Waals surface area contributed by atoms with Gasteiger partial charge in [0, 0.05) is 5.56 Å². The van der Waals surface area contributed by atoms with Crippen molar-refractivity contribution in [1.82, 2.24) is 5.16 Å². The standard InChI is InChI=1S/C13H11BrN2O2/c1-7-5-11(17-3)8(2)4-9(7)13-12(14)10(6-15)16-18-13/h4-5H,1-3H3. The molecule has 0 fully saturated rings. The van der Waals surface area contributed by atoms with Gasteiger partial charge in [0.25, 0.3) is 0 Å². The Morgan fingerprint density at radius 1 is 1.33 bits per heavy atom. The second-order valence-electron chi connectivity index (χ2n) is 3.92. The van der Waals surface area contributed by atoms with Crippen molar-refractivity contribution in [2.75, 3.05) is 7.11 Å². The van der Waals surface area contributed by atoms with Crippen LogP contribution in [0.3, 0.4) is 0 Å². The summed E-state index contributed by atoms with van der Waals surface area (Å²) in [7, 11) is 1.64. The molecule has 1 heterocycles. The minimum absolute atomic E-state index is 0.248. The first-order valence-corrected chi connectivity index (χ1v) is 6.08. The maximum absolute atomic E-state index is 8.86. The predicted octanol–water partition coefficient (Wildman–Crippen LogP) is 3.60. The molecule has 0 spiro atoms. The van der Waals surface area contributed by atoms with Crippen LogP contribution in [0.15, 0.2) is 21.1 Å². The van der Waals surface area contributed by atoms with Crippen LogP contribution in [0.25, 0.3) is 11.3 Å². The second-order valence-corrected chi connectivity index (χ2v) is 4.72. The zero-order chi connectivity index (χ0) is 13.3. The molecule has 1 aromatic carbocycles. The molecule has 2 rings (SSSR count). The van der Waals surface area contributed by atoms with Crippen LogP contribution in [0.2, 0.25) is 0 Å². The van der Waals surface area contributed by atoms with Gasteiger partial charge in [-0.05, 0) is 53.0 Å². The number of hydrogen-bond donors (Lipinski definition) is 0. The van der Waals surface area contributed by atoms with Crippen LogP contribution in [0, 0.1) is 25.2 Å². The first-order valence-electron chi connectivity index (χ1n) is 5.29. The number of aryl methyl sites for hydroxylation is 2. The highest BCUT2D eigenvalue weighted by atomic mass is 79.9. The molecule has 0 bridgehead atoms. The fourth-order valence-corrected chi connectivity index (χ4v) is 2.22. The van der Waals surface area contributed by atoms with Gasteiger partial charge < -0.3 is 9.26 Å². The molecule has 0 amide bonds. The summed E-state index contributed by atoms with van der Waals surface area (Å²) in [6.45, 7) is 3.91. The lowest BCUT2D eigenvalue weighted by atomic mass is 10.0. The average molecular weight is 307 g/mol. The SMILES string of the molecule is COc1cc(C)c(-c2onc(C#N)c2Br)cc1C. The molecule has 0 atom stereocenters. The van der Waals surface area contributed by atoms with Crippen LogP contribution >= 0.6 is 15.9 Å². The first kappa shape index (κ1) is 12.7. The predicted molar refractivity (Wildman–Crippen MR) is 70.4 cm³/mol. The minimum Gasteiger partial charge on any atom is -0.496 e. The Bertz CT molecular complexity index is 641. The molecule has 0 unspecified atom stereocenters. The van der Waals surface area contributed by atoms with E-state index in [0.717, 1.165) is 22.4 Å². The van der Waals surface area contributed by atoms with E-state index in [-0.39, 0.29) is 5.69 Å². The maximum Gasteiger partial charge on any atom is 0.198 e. The topological polar surface area (TPSA) is 59.1 Å². The number of methoxy groups -OCH3 is 1. The van der Waals surface area contributed by atoms with Gasteiger partial charge >= 0.3 is 0 Å². The lowest BCUT2D eigenvalue weighted by molar-refractivity contribution is 0.411. The van der Waals surface area contributed by atoms with Crippen molar-refractivity contribution in [1.29, 1.82) is 5.26 Å². The molecule has 0 aliphatic rings. The van der Waals surface area contributed by atoms with Gasteiger partial charge in [-0.1, -0.05) is 5.16 Å². The van der Waals surface area contributed by atoms with Gasteiger partial charge in [0.05, 0.1) is 7.11 Å². The number of ether oxygens (including phenoxy) is 1. The van der Waals surface area contributed by atoms with Crippen molar-refractivity contribution in [2.24, 2.45) is 0 Å². The molecule has 0 aliphatic heterocycles. The van der Waals surface area contributed by atoms with E-state index in [0.29, 0.717) is 10.2 Å². The number of benzene rings is 1. The Hall–Kier alpha value is -1.80. The fourth-order valence-electron chi connectivity index (χ4n) is 1.77. The summed E-state index contributed by atoms with van der Waals surface area (Å²) in [5, 5.41) is 12.6. The number of rotatable bonds is 2. The summed E-state index contributed by atoms with van der Waals surface area (Å²) in [5.41, 5.74) is 3.14. The highest BCUT2D eigenvalue weighted by molar-refractivity contribution is 9.10. The van der Waals surface area contributed by atoms with E-state index in [9.17, 15) is 0 Å². The van der Waals surface area contributed by atoms with Gasteiger partial charge in [-0.3, -0.25) is 0 Å². The molecule has 2 aromatic rings. The summed E-state index contributed by atoms with van der Waals surface area (Å²) in [4.78, 5) is 0. The normalized spacial score (nSPS) is 10.2. The van der Waals surface area contributed by atoms with Gasteiger partial charge in [0.1, 0.15) is 16.3 Å². The van der Waals surface area contributed by atoms with Crippen LogP contribution < -0.4 is 4.74 Å². The van der Waals surface area contributed by atoms with E-state index in [1.165, 1.54) is 0 Å². The summed E-state index contributed by atoms with van der Waals surface area (Å²) >= 11 is 3.33. The monoisotopic (exact) mass is 306 g/mol. The minimum atomic E-state index is 0.248. The van der Waals surface area contributed by atoms with Crippen molar-refractivity contribution < 1.29 is 9.26 Å². The first-order chi connectivity index (χ1) is 8.58. The van der Waals surface area contributed by atoms with E-state index >= 15 is 0 Å². The molecule has 5 heteroatoms. The zero-order valence-corrected chi connectivity index (χ0v) is 11.8. The van der Waals surface area contributed by atoms with Crippen molar-refractivity contribution in [3.8, 4) is 23.1 Å². The van der Waals surface area contributed by atoms with E-state index in [1.807, 2.05) is 32.0 Å². The van der Waals surface area contributed by atoms with Crippen LogP contribution in [0.4, 0.5) is 0 Å². The lowest BCUT2D eigenvalue weighted by Crippen LogP contribution is -1.91. The maximum atomic E-state index is 8.86. The number of aromatic nitrogens is 1. The highest BCUT2D eigenvalue weighted by Crippen LogP contribution is 2.35. The second kappa shape index (κ2) is 4.83. The molecule has 1 aromatic heterocycles. The summed E-state index contributed by atoms with van der Waals surface area (Å²) in [5.74, 6) is 1.39. The Morgan fingerprint density at radius 2 is 2.06 bits per heavy atom. The lowest BCUT2D eigenvalue weighted by Gasteiger charge is -2.09. The molecule has 0 saturated carbocycles. The number of nitrogens with zero attached hydrogens (tertiary/aromatic N) is 2. The molecule has 4 nitrogen and oxygen atoms in total. The summed E-state index contributed by atoms with van der Waals surface area (Å²) in [6.07, 6.45) is 0. The Balaban J connectivity index is 2.61. The molecule has 18 heavy (non-hydrogen) atoms. The van der Waals surface area contributed by atoms with E-state index in [4.69, 9.17) is 14.5 Å². The Labute approximate surface area is 113 Å². The van der Waals surface area contributed by atoms with Gasteiger partial charge in [-0.15, -0.1) is 0 Å². The van der Waals surface area contributed by atoms with Crippen molar-refractivity contribution in [3.63, 3.8) is 0 Å². The highest BCUT2D eigenvalue weighted by Gasteiger charge is 2.18. The third kappa shape index (κ3) is 2.00. The number of hydrogen-bond acceptors (Lipinski definition) is 4. The molecule has 92 valence electrons. The Kier molecular flexibility index (Phi) is 3.39. The molecule has 0 radical (unpaired) electrons.